The summed E-state index contributed by atoms with van der Waals surface area (Å²) in [6, 6.07) is 4.10. The molecular weight excluding hydrogens is 283 g/mol. The highest BCUT2D eigenvalue weighted by atomic mass is 35.5. The van der Waals surface area contributed by atoms with Gasteiger partial charge in [0.2, 0.25) is 5.88 Å². The molecule has 0 saturated carbocycles. The molecule has 5 nitrogen and oxygen atoms in total. The summed E-state index contributed by atoms with van der Waals surface area (Å²) in [4.78, 5) is 8.51. The predicted octanol–water partition coefficient (Wildman–Crippen LogP) is 3.22. The number of anilines is 1. The lowest BCUT2D eigenvalue weighted by molar-refractivity contribution is 0.453. The van der Waals surface area contributed by atoms with Crippen molar-refractivity contribution in [2.45, 2.75) is 20.3 Å². The Morgan fingerprint density at radius 3 is 2.75 bits per heavy atom. The van der Waals surface area contributed by atoms with Crippen LogP contribution < -0.4 is 16.0 Å². The van der Waals surface area contributed by atoms with Crippen LogP contribution in [0, 0.1) is 12.7 Å². The fourth-order valence-corrected chi connectivity index (χ4v) is 1.76. The van der Waals surface area contributed by atoms with Crippen LogP contribution in [0.4, 0.5) is 10.2 Å². The Morgan fingerprint density at radius 2 is 2.15 bits per heavy atom. The van der Waals surface area contributed by atoms with Crippen LogP contribution in [-0.2, 0) is 6.42 Å². The molecule has 0 unspecified atom stereocenters. The number of nitrogens with two attached hydrogens (primary N) is 1. The molecule has 1 heterocycles. The molecule has 106 valence electrons. The van der Waals surface area contributed by atoms with E-state index < -0.39 is 5.82 Å². The summed E-state index contributed by atoms with van der Waals surface area (Å²) in [5.41, 5.74) is 3.16. The summed E-state index contributed by atoms with van der Waals surface area (Å²) in [6.07, 6.45) is 0.634. The summed E-state index contributed by atoms with van der Waals surface area (Å²) < 4.78 is 18.7. The molecule has 0 aliphatic heterocycles. The second kappa shape index (κ2) is 6.02. The van der Waals surface area contributed by atoms with Gasteiger partial charge < -0.3 is 10.2 Å². The number of ether oxygens (including phenoxy) is 1. The SMILES string of the molecule is CCc1nc(NN)c(C)c(Oc2ccc(F)c(Cl)c2)n1. The van der Waals surface area contributed by atoms with Gasteiger partial charge in [-0.1, -0.05) is 18.5 Å². The Kier molecular flexibility index (Phi) is 4.36. The molecule has 0 amide bonds. The predicted molar refractivity (Wildman–Crippen MR) is 75.4 cm³/mol. The van der Waals surface area contributed by atoms with Crippen LogP contribution in [0.15, 0.2) is 18.2 Å². The smallest absolute Gasteiger partial charge is 0.227 e. The third-order valence-electron chi connectivity index (χ3n) is 2.71. The fourth-order valence-electron chi connectivity index (χ4n) is 1.59. The Morgan fingerprint density at radius 1 is 1.40 bits per heavy atom. The topological polar surface area (TPSA) is 73.1 Å². The van der Waals surface area contributed by atoms with Gasteiger partial charge >= 0.3 is 0 Å². The van der Waals surface area contributed by atoms with Crippen LogP contribution in [0.2, 0.25) is 5.02 Å². The average molecular weight is 297 g/mol. The maximum absolute atomic E-state index is 13.1. The molecule has 0 saturated heterocycles. The summed E-state index contributed by atoms with van der Waals surface area (Å²) in [5, 5.41) is -0.0119. The number of nitrogens with zero attached hydrogens (tertiary/aromatic N) is 2. The summed E-state index contributed by atoms with van der Waals surface area (Å²) in [5.74, 6) is 6.73. The van der Waals surface area contributed by atoms with Crippen molar-refractivity contribution in [1.82, 2.24) is 9.97 Å². The number of hydrazine groups is 1. The van der Waals surface area contributed by atoms with Crippen LogP contribution in [0.3, 0.4) is 0 Å². The van der Waals surface area contributed by atoms with E-state index in [9.17, 15) is 4.39 Å². The van der Waals surface area contributed by atoms with Crippen LogP contribution in [0.1, 0.15) is 18.3 Å². The summed E-state index contributed by atoms with van der Waals surface area (Å²) in [6.45, 7) is 3.69. The molecule has 0 spiro atoms. The number of halogens is 2. The standard InChI is InChI=1S/C13H14ClFN4O/c1-3-11-17-12(19-16)7(2)13(18-11)20-8-4-5-10(15)9(14)6-8/h4-6H,3,16H2,1-2H3,(H,17,18,19). The average Bonchev–Trinajstić information content (AvgIpc) is 2.45. The molecule has 0 atom stereocenters. The third-order valence-corrected chi connectivity index (χ3v) is 3.00. The molecule has 3 N–H and O–H groups in total. The van der Waals surface area contributed by atoms with E-state index in [-0.39, 0.29) is 5.02 Å². The van der Waals surface area contributed by atoms with Crippen molar-refractivity contribution in [3.63, 3.8) is 0 Å². The maximum atomic E-state index is 13.1. The number of hydrogen-bond acceptors (Lipinski definition) is 5. The highest BCUT2D eigenvalue weighted by molar-refractivity contribution is 6.30. The Bertz CT molecular complexity index is 636. The lowest BCUT2D eigenvalue weighted by Gasteiger charge is -2.12. The third kappa shape index (κ3) is 2.97. The maximum Gasteiger partial charge on any atom is 0.227 e. The zero-order valence-electron chi connectivity index (χ0n) is 11.1. The van der Waals surface area contributed by atoms with Crippen molar-refractivity contribution in [2.75, 3.05) is 5.43 Å². The number of benzene rings is 1. The number of hydrogen-bond donors (Lipinski definition) is 2. The second-order valence-electron chi connectivity index (χ2n) is 4.09. The van der Waals surface area contributed by atoms with E-state index in [1.54, 1.807) is 6.92 Å². The molecule has 7 heteroatoms. The van der Waals surface area contributed by atoms with Gasteiger partial charge in [0.25, 0.3) is 0 Å². The lowest BCUT2D eigenvalue weighted by Crippen LogP contribution is -2.13. The molecule has 1 aromatic heterocycles. The normalized spacial score (nSPS) is 10.4. The van der Waals surface area contributed by atoms with E-state index in [1.165, 1.54) is 18.2 Å². The molecular formula is C13H14ClFN4O. The minimum atomic E-state index is -0.503. The number of aryl methyl sites for hydroxylation is 1. The minimum absolute atomic E-state index is 0.0119. The Balaban J connectivity index is 2.39. The van der Waals surface area contributed by atoms with Gasteiger partial charge in [0.1, 0.15) is 23.2 Å². The molecule has 0 aliphatic carbocycles. The number of aromatic nitrogens is 2. The Labute approximate surface area is 120 Å². The van der Waals surface area contributed by atoms with Crippen LogP contribution >= 0.6 is 11.6 Å². The lowest BCUT2D eigenvalue weighted by atomic mass is 10.3. The molecule has 1 aromatic carbocycles. The van der Waals surface area contributed by atoms with Crippen LogP contribution in [0.5, 0.6) is 11.6 Å². The van der Waals surface area contributed by atoms with Gasteiger partial charge in [-0.05, 0) is 19.1 Å². The van der Waals surface area contributed by atoms with Gasteiger partial charge in [-0.3, -0.25) is 0 Å². The highest BCUT2D eigenvalue weighted by Crippen LogP contribution is 2.29. The molecule has 2 aromatic rings. The zero-order chi connectivity index (χ0) is 14.7. The van der Waals surface area contributed by atoms with Crippen molar-refractivity contribution in [1.29, 1.82) is 0 Å². The monoisotopic (exact) mass is 296 g/mol. The first-order valence-corrected chi connectivity index (χ1v) is 6.40. The van der Waals surface area contributed by atoms with E-state index in [2.05, 4.69) is 15.4 Å². The largest absolute Gasteiger partial charge is 0.438 e. The molecule has 20 heavy (non-hydrogen) atoms. The van der Waals surface area contributed by atoms with E-state index in [4.69, 9.17) is 22.2 Å². The molecule has 0 fully saturated rings. The molecule has 0 radical (unpaired) electrons. The highest BCUT2D eigenvalue weighted by Gasteiger charge is 2.12. The molecule has 0 aliphatic rings. The van der Waals surface area contributed by atoms with Crippen LogP contribution in [-0.4, -0.2) is 9.97 Å². The van der Waals surface area contributed by atoms with Gasteiger partial charge in [-0.25, -0.2) is 15.2 Å². The number of nitrogen functional groups attached to an aromatic ring is 1. The molecule has 2 rings (SSSR count). The fraction of sp³-hybridized carbons (Fsp3) is 0.231. The van der Waals surface area contributed by atoms with Crippen molar-refractivity contribution < 1.29 is 9.13 Å². The van der Waals surface area contributed by atoms with E-state index in [1.807, 2.05) is 6.92 Å². The van der Waals surface area contributed by atoms with E-state index >= 15 is 0 Å². The second-order valence-corrected chi connectivity index (χ2v) is 4.50. The first-order chi connectivity index (χ1) is 9.55. The van der Waals surface area contributed by atoms with Crippen LogP contribution in [0.25, 0.3) is 0 Å². The quantitative estimate of drug-likeness (QED) is 0.669. The van der Waals surface area contributed by atoms with Crippen molar-refractivity contribution in [3.05, 3.63) is 40.4 Å². The van der Waals surface area contributed by atoms with E-state index in [0.29, 0.717) is 35.3 Å². The van der Waals surface area contributed by atoms with Crippen molar-refractivity contribution in [3.8, 4) is 11.6 Å². The summed E-state index contributed by atoms with van der Waals surface area (Å²) >= 11 is 5.72. The van der Waals surface area contributed by atoms with Crippen molar-refractivity contribution in [2.24, 2.45) is 5.84 Å². The Hall–Kier alpha value is -1.92. The van der Waals surface area contributed by atoms with Crippen molar-refractivity contribution >= 4 is 17.4 Å². The molecule has 0 bridgehead atoms. The number of nitrogens with one attached hydrogen (secondary N) is 1. The van der Waals surface area contributed by atoms with Gasteiger partial charge in [-0.15, -0.1) is 0 Å². The summed E-state index contributed by atoms with van der Waals surface area (Å²) in [7, 11) is 0. The first-order valence-electron chi connectivity index (χ1n) is 6.02. The van der Waals surface area contributed by atoms with Gasteiger partial charge in [-0.2, -0.15) is 4.98 Å². The van der Waals surface area contributed by atoms with Gasteiger partial charge in [0.15, 0.2) is 0 Å². The van der Waals surface area contributed by atoms with Gasteiger partial charge in [0.05, 0.1) is 10.6 Å². The van der Waals surface area contributed by atoms with Gasteiger partial charge in [0, 0.05) is 12.5 Å². The minimum Gasteiger partial charge on any atom is -0.438 e. The number of rotatable bonds is 4. The first kappa shape index (κ1) is 14.5. The zero-order valence-corrected chi connectivity index (χ0v) is 11.8. The van der Waals surface area contributed by atoms with E-state index in [0.717, 1.165) is 0 Å².